The van der Waals surface area contributed by atoms with Crippen molar-refractivity contribution in [2.45, 2.75) is 20.3 Å². The average molecular weight is 257 g/mol. The van der Waals surface area contributed by atoms with E-state index in [-0.39, 0.29) is 5.82 Å². The van der Waals surface area contributed by atoms with Crippen LogP contribution in [0, 0.1) is 12.7 Å². The molecule has 1 aromatic rings. The van der Waals surface area contributed by atoms with Crippen LogP contribution in [0.1, 0.15) is 24.5 Å². The normalized spacial score (nSPS) is 11.9. The number of aryl methyl sites for hydroxylation is 1. The summed E-state index contributed by atoms with van der Waals surface area (Å²) < 4.78 is 12.8. The molecule has 0 aliphatic carbocycles. The van der Waals surface area contributed by atoms with Gasteiger partial charge in [-0.1, -0.05) is 40.6 Å². The van der Waals surface area contributed by atoms with E-state index in [9.17, 15) is 4.39 Å². The van der Waals surface area contributed by atoms with Crippen LogP contribution in [0.2, 0.25) is 0 Å². The van der Waals surface area contributed by atoms with E-state index in [2.05, 4.69) is 28.9 Å². The Morgan fingerprint density at radius 3 is 2.71 bits per heavy atom. The van der Waals surface area contributed by atoms with Gasteiger partial charge in [0, 0.05) is 5.33 Å². The first-order valence-electron chi connectivity index (χ1n) is 4.69. The Hall–Kier alpha value is -0.630. The Morgan fingerprint density at radius 2 is 2.21 bits per heavy atom. The van der Waals surface area contributed by atoms with Gasteiger partial charge in [0.15, 0.2) is 0 Å². The molecule has 0 unspecified atom stereocenters. The summed E-state index contributed by atoms with van der Waals surface area (Å²) in [5.41, 5.74) is 3.40. The minimum atomic E-state index is -0.170. The van der Waals surface area contributed by atoms with Crippen molar-refractivity contribution in [3.8, 4) is 0 Å². The van der Waals surface area contributed by atoms with Crippen molar-refractivity contribution in [3.05, 3.63) is 40.7 Å². The molecular weight excluding hydrogens is 243 g/mol. The lowest BCUT2D eigenvalue weighted by atomic mass is 10.1. The quantitative estimate of drug-likeness (QED) is 0.707. The molecule has 0 nitrogen and oxygen atoms in total. The molecule has 0 amide bonds. The molecule has 0 fully saturated rings. The second-order valence-electron chi connectivity index (χ2n) is 3.29. The van der Waals surface area contributed by atoms with Crippen molar-refractivity contribution >= 4 is 22.0 Å². The number of hydrogen-bond acceptors (Lipinski definition) is 0. The Labute approximate surface area is 93.0 Å². The van der Waals surface area contributed by atoms with Gasteiger partial charge in [-0.15, -0.1) is 0 Å². The highest BCUT2D eigenvalue weighted by Gasteiger charge is 1.98. The lowest BCUT2D eigenvalue weighted by molar-refractivity contribution is 0.626. The number of benzene rings is 1. The van der Waals surface area contributed by atoms with Gasteiger partial charge in [0.1, 0.15) is 5.82 Å². The molecule has 1 aromatic carbocycles. The maximum atomic E-state index is 12.8. The Morgan fingerprint density at radius 1 is 1.50 bits per heavy atom. The molecule has 2 heteroatoms. The van der Waals surface area contributed by atoms with Gasteiger partial charge in [0.2, 0.25) is 0 Å². The molecule has 0 heterocycles. The van der Waals surface area contributed by atoms with Gasteiger partial charge in [-0.3, -0.25) is 0 Å². The maximum Gasteiger partial charge on any atom is 0.123 e. The van der Waals surface area contributed by atoms with Crippen LogP contribution in [0.15, 0.2) is 23.8 Å². The molecule has 0 aromatic heterocycles. The monoisotopic (exact) mass is 256 g/mol. The molecule has 76 valence electrons. The van der Waals surface area contributed by atoms with Crippen molar-refractivity contribution in [2.24, 2.45) is 0 Å². The van der Waals surface area contributed by atoms with Crippen LogP contribution in [0.25, 0.3) is 6.08 Å². The summed E-state index contributed by atoms with van der Waals surface area (Å²) in [5, 5.41) is 0.875. The smallest absolute Gasteiger partial charge is 0.123 e. The summed E-state index contributed by atoms with van der Waals surface area (Å²) in [6.07, 6.45) is 3.13. The Bertz CT molecular complexity index is 336. The summed E-state index contributed by atoms with van der Waals surface area (Å²) >= 11 is 3.43. The molecular formula is C12H14BrF. The topological polar surface area (TPSA) is 0 Å². The van der Waals surface area contributed by atoms with Crippen molar-refractivity contribution < 1.29 is 4.39 Å². The van der Waals surface area contributed by atoms with Crippen molar-refractivity contribution in [1.29, 1.82) is 0 Å². The first-order chi connectivity index (χ1) is 6.67. The minimum Gasteiger partial charge on any atom is -0.207 e. The van der Waals surface area contributed by atoms with Crippen LogP contribution in [-0.4, -0.2) is 5.33 Å². The van der Waals surface area contributed by atoms with Crippen LogP contribution in [0.4, 0.5) is 4.39 Å². The van der Waals surface area contributed by atoms with Gasteiger partial charge < -0.3 is 0 Å². The van der Waals surface area contributed by atoms with Gasteiger partial charge in [-0.2, -0.15) is 0 Å². The van der Waals surface area contributed by atoms with Crippen LogP contribution in [0.3, 0.4) is 0 Å². The van der Waals surface area contributed by atoms with Gasteiger partial charge in [-0.25, -0.2) is 4.39 Å². The largest absolute Gasteiger partial charge is 0.207 e. The maximum absolute atomic E-state index is 12.8. The van der Waals surface area contributed by atoms with E-state index in [0.29, 0.717) is 0 Å². The fourth-order valence-corrected chi connectivity index (χ4v) is 1.81. The highest BCUT2D eigenvalue weighted by atomic mass is 79.9. The fourth-order valence-electron chi connectivity index (χ4n) is 1.26. The third kappa shape index (κ3) is 2.95. The molecule has 0 N–H and O–H groups in total. The number of allylic oxidation sites excluding steroid dienone is 1. The molecule has 0 radical (unpaired) electrons. The van der Waals surface area contributed by atoms with E-state index in [1.807, 2.05) is 13.0 Å². The summed E-state index contributed by atoms with van der Waals surface area (Å²) in [4.78, 5) is 0. The zero-order chi connectivity index (χ0) is 10.6. The predicted octanol–water partition coefficient (Wildman–Crippen LogP) is 4.32. The summed E-state index contributed by atoms with van der Waals surface area (Å²) in [6.45, 7) is 4.04. The first-order valence-corrected chi connectivity index (χ1v) is 5.81. The van der Waals surface area contributed by atoms with Gasteiger partial charge in [-0.05, 0) is 36.6 Å². The summed E-state index contributed by atoms with van der Waals surface area (Å²) in [6, 6.07) is 4.89. The zero-order valence-electron chi connectivity index (χ0n) is 8.48. The molecule has 0 spiro atoms. The van der Waals surface area contributed by atoms with Crippen LogP contribution >= 0.6 is 15.9 Å². The summed E-state index contributed by atoms with van der Waals surface area (Å²) in [5.74, 6) is -0.170. The van der Waals surface area contributed by atoms with Crippen molar-refractivity contribution in [2.75, 3.05) is 5.33 Å². The SMILES string of the molecule is CCC(=Cc1ccc(F)cc1C)CBr. The minimum absolute atomic E-state index is 0.170. The highest BCUT2D eigenvalue weighted by Crippen LogP contribution is 2.16. The van der Waals surface area contributed by atoms with E-state index >= 15 is 0 Å². The number of hydrogen-bond donors (Lipinski definition) is 0. The van der Waals surface area contributed by atoms with Crippen LogP contribution in [0.5, 0.6) is 0 Å². The fraction of sp³-hybridized carbons (Fsp3) is 0.333. The van der Waals surface area contributed by atoms with Gasteiger partial charge in [0.25, 0.3) is 0 Å². The molecule has 0 atom stereocenters. The molecule has 0 saturated heterocycles. The second-order valence-corrected chi connectivity index (χ2v) is 3.85. The Balaban J connectivity index is 3.02. The van der Waals surface area contributed by atoms with Crippen LogP contribution in [-0.2, 0) is 0 Å². The number of rotatable bonds is 3. The van der Waals surface area contributed by atoms with E-state index < -0.39 is 0 Å². The lowest BCUT2D eigenvalue weighted by Crippen LogP contribution is -1.86. The average Bonchev–Trinajstić information content (AvgIpc) is 2.17. The zero-order valence-corrected chi connectivity index (χ0v) is 10.1. The van der Waals surface area contributed by atoms with E-state index in [4.69, 9.17) is 0 Å². The number of halogens is 2. The van der Waals surface area contributed by atoms with Gasteiger partial charge in [0.05, 0.1) is 0 Å². The molecule has 14 heavy (non-hydrogen) atoms. The predicted molar refractivity (Wildman–Crippen MR) is 63.2 cm³/mol. The van der Waals surface area contributed by atoms with Gasteiger partial charge >= 0.3 is 0 Å². The molecule has 0 aliphatic heterocycles. The molecule has 0 bridgehead atoms. The van der Waals surface area contributed by atoms with Crippen molar-refractivity contribution in [3.63, 3.8) is 0 Å². The van der Waals surface area contributed by atoms with E-state index in [0.717, 1.165) is 22.9 Å². The summed E-state index contributed by atoms with van der Waals surface area (Å²) in [7, 11) is 0. The van der Waals surface area contributed by atoms with Crippen molar-refractivity contribution in [1.82, 2.24) is 0 Å². The van der Waals surface area contributed by atoms with Crippen LogP contribution < -0.4 is 0 Å². The molecule has 1 rings (SSSR count). The molecule has 0 saturated carbocycles. The first kappa shape index (κ1) is 11.4. The Kier molecular flexibility index (Phi) is 4.33. The van der Waals surface area contributed by atoms with E-state index in [1.54, 1.807) is 6.07 Å². The standard InChI is InChI=1S/C12H14BrF/c1-3-10(8-13)7-11-4-5-12(14)6-9(11)2/h4-7H,3,8H2,1-2H3. The molecule has 0 aliphatic rings. The third-order valence-corrected chi connectivity index (χ3v) is 2.94. The lowest BCUT2D eigenvalue weighted by Gasteiger charge is -2.03. The number of alkyl halides is 1. The van der Waals surface area contributed by atoms with E-state index in [1.165, 1.54) is 11.6 Å². The third-order valence-electron chi connectivity index (χ3n) is 2.22. The highest BCUT2D eigenvalue weighted by molar-refractivity contribution is 9.09. The second kappa shape index (κ2) is 5.30.